The molecule has 7 nitrogen and oxygen atoms in total. The van der Waals surface area contributed by atoms with E-state index in [1.54, 1.807) is 48.6 Å². The summed E-state index contributed by atoms with van der Waals surface area (Å²) in [5.41, 5.74) is 3.81. The maximum Gasteiger partial charge on any atom is 0.175 e. The highest BCUT2D eigenvalue weighted by molar-refractivity contribution is 7.91. The van der Waals surface area contributed by atoms with Crippen molar-refractivity contribution in [2.45, 2.75) is 22.3 Å². The lowest BCUT2D eigenvalue weighted by Gasteiger charge is -2.24. The van der Waals surface area contributed by atoms with Crippen molar-refractivity contribution in [3.8, 4) is 11.1 Å². The topological polar surface area (TPSA) is 110 Å². The van der Waals surface area contributed by atoms with Crippen LogP contribution in [0, 0.1) is 0 Å². The van der Waals surface area contributed by atoms with Crippen LogP contribution in [0.5, 0.6) is 0 Å². The van der Waals surface area contributed by atoms with Crippen LogP contribution in [0.3, 0.4) is 0 Å². The summed E-state index contributed by atoms with van der Waals surface area (Å²) in [7, 11) is -6.54. The molecule has 0 aromatic heterocycles. The molecule has 0 fully saturated rings. The average molecular weight is 556 g/mol. The van der Waals surface area contributed by atoms with E-state index in [1.165, 1.54) is 29.6 Å². The molecule has 0 aliphatic carbocycles. The predicted octanol–water partition coefficient (Wildman–Crippen LogP) is 4.47. The zero-order valence-corrected chi connectivity index (χ0v) is 22.8. The summed E-state index contributed by atoms with van der Waals surface area (Å²) in [6.45, 7) is 2.85. The van der Waals surface area contributed by atoms with Crippen molar-refractivity contribution < 1.29 is 21.2 Å². The minimum atomic E-state index is -3.28. The number of sulfone groups is 2. The number of aliphatic imine (C=N–C) groups is 1. The molecule has 0 amide bonds. The van der Waals surface area contributed by atoms with Crippen LogP contribution >= 0.6 is 0 Å². The zero-order chi connectivity index (χ0) is 27.9. The molecule has 0 spiro atoms. The highest BCUT2D eigenvalue weighted by Crippen LogP contribution is 2.23. The Morgan fingerprint density at radius 1 is 0.895 bits per heavy atom. The summed E-state index contributed by atoms with van der Waals surface area (Å²) < 4.78 is 60.4. The number of allylic oxidation sites excluding steroid dienone is 1. The number of rotatable bonds is 11. The maximum atomic E-state index is 13.9. The molecule has 0 heterocycles. The Bertz CT molecular complexity index is 1530. The van der Waals surface area contributed by atoms with Crippen LogP contribution in [-0.2, 0) is 26.1 Å². The van der Waals surface area contributed by atoms with Crippen molar-refractivity contribution in [1.82, 2.24) is 5.01 Å². The fraction of sp³-hybridized carbons (Fsp3) is 0.179. The first kappa shape index (κ1) is 29.0. The van der Waals surface area contributed by atoms with Crippen LogP contribution < -0.4 is 5.84 Å². The van der Waals surface area contributed by atoms with Gasteiger partial charge < -0.3 is 5.01 Å². The second-order valence-electron chi connectivity index (χ2n) is 8.84. The number of hydrogen-bond acceptors (Lipinski definition) is 7. The average Bonchev–Trinajstić information content (AvgIpc) is 2.89. The molecule has 0 aliphatic heterocycles. The molecule has 0 radical (unpaired) electrons. The lowest BCUT2D eigenvalue weighted by Crippen LogP contribution is -2.40. The van der Waals surface area contributed by atoms with Gasteiger partial charge >= 0.3 is 0 Å². The van der Waals surface area contributed by atoms with Crippen LogP contribution in [0.25, 0.3) is 17.2 Å². The second kappa shape index (κ2) is 12.3. The fourth-order valence-corrected chi connectivity index (χ4v) is 4.90. The third kappa shape index (κ3) is 7.95. The summed E-state index contributed by atoms with van der Waals surface area (Å²) in [6.07, 6.45) is 7.54. The summed E-state index contributed by atoms with van der Waals surface area (Å²) in [4.78, 5) is 4.42. The highest BCUT2D eigenvalue weighted by Gasteiger charge is 2.15. The van der Waals surface area contributed by atoms with Gasteiger partial charge in [0.15, 0.2) is 19.7 Å². The quantitative estimate of drug-likeness (QED) is 0.162. The normalized spacial score (nSPS) is 13.4. The van der Waals surface area contributed by atoms with Gasteiger partial charge in [-0.25, -0.2) is 27.1 Å². The smallest absolute Gasteiger partial charge is 0.175 e. The van der Waals surface area contributed by atoms with E-state index in [0.29, 0.717) is 12.1 Å². The first-order chi connectivity index (χ1) is 17.9. The van der Waals surface area contributed by atoms with Crippen LogP contribution in [0.15, 0.2) is 106 Å². The minimum Gasteiger partial charge on any atom is -0.310 e. The lowest BCUT2D eigenvalue weighted by atomic mass is 10.0. The highest BCUT2D eigenvalue weighted by atomic mass is 32.2. The minimum absolute atomic E-state index is 0.226. The number of nitrogens with zero attached hydrogens (tertiary/aromatic N) is 2. The molecule has 1 atom stereocenters. The van der Waals surface area contributed by atoms with E-state index in [2.05, 4.69) is 11.7 Å². The van der Waals surface area contributed by atoms with Gasteiger partial charge in [0.05, 0.1) is 21.5 Å². The van der Waals surface area contributed by atoms with Crippen molar-refractivity contribution in [2.24, 2.45) is 10.8 Å². The lowest BCUT2D eigenvalue weighted by molar-refractivity contribution is 0.229. The summed E-state index contributed by atoms with van der Waals surface area (Å²) in [5.74, 6) is 6.14. The van der Waals surface area contributed by atoms with E-state index in [4.69, 9.17) is 5.84 Å². The summed E-state index contributed by atoms with van der Waals surface area (Å²) in [6, 6.07) is 19.9. The van der Waals surface area contributed by atoms with E-state index in [-0.39, 0.29) is 9.79 Å². The first-order valence-electron chi connectivity index (χ1n) is 11.6. The molecule has 0 unspecified atom stereocenters. The van der Waals surface area contributed by atoms with E-state index in [1.807, 2.05) is 24.3 Å². The van der Waals surface area contributed by atoms with Crippen molar-refractivity contribution in [1.29, 1.82) is 0 Å². The molecule has 3 rings (SSSR count). The van der Waals surface area contributed by atoms with Gasteiger partial charge in [-0.3, -0.25) is 4.99 Å². The number of hydrogen-bond donors (Lipinski definition) is 1. The molecular weight excluding hydrogens is 525 g/mol. The van der Waals surface area contributed by atoms with E-state index in [0.717, 1.165) is 28.5 Å². The van der Waals surface area contributed by atoms with Gasteiger partial charge in [-0.05, 0) is 65.7 Å². The molecule has 38 heavy (non-hydrogen) atoms. The number of halogens is 1. The standard InChI is InChI=1S/C28H30FN3O4S2/c1-31-25(13-6-21-7-14-27(15-8-21)37(2,33)34)20-32(30)26(19-29)18-22-4-9-23(10-5-22)24-11-16-28(17-12-24)38(3,35)36/h4-17,20,26H,1,18-19,30H2,2-3H3/b13-6+,25-20-/t26-/m0/s1. The van der Waals surface area contributed by atoms with Gasteiger partial charge in [-0.2, -0.15) is 0 Å². The Balaban J connectivity index is 1.68. The number of hydrazine groups is 1. The summed E-state index contributed by atoms with van der Waals surface area (Å²) in [5, 5.41) is 1.26. The fourth-order valence-electron chi connectivity index (χ4n) is 3.64. The van der Waals surface area contributed by atoms with Gasteiger partial charge in [-0.15, -0.1) is 0 Å². The van der Waals surface area contributed by atoms with Crippen molar-refractivity contribution in [3.63, 3.8) is 0 Å². The molecule has 10 heteroatoms. The Morgan fingerprint density at radius 3 is 1.82 bits per heavy atom. The molecular formula is C28H30FN3O4S2. The van der Waals surface area contributed by atoms with Gasteiger partial charge in [-0.1, -0.05) is 54.6 Å². The van der Waals surface area contributed by atoms with Crippen LogP contribution in [-0.4, -0.2) is 53.8 Å². The van der Waals surface area contributed by atoms with E-state index >= 15 is 0 Å². The van der Waals surface area contributed by atoms with Crippen molar-refractivity contribution >= 4 is 32.5 Å². The van der Waals surface area contributed by atoms with Crippen LogP contribution in [0.1, 0.15) is 11.1 Å². The molecule has 2 N–H and O–H groups in total. The molecule has 0 saturated heterocycles. The molecule has 200 valence electrons. The SMILES string of the molecule is C=NC(=C\N(N)[C@H](CF)Cc1ccc(-c2ccc(S(C)(=O)=O)cc2)cc1)/C=C/c1ccc(S(C)(=O)=O)cc1. The maximum absolute atomic E-state index is 13.9. The van der Waals surface area contributed by atoms with E-state index in [9.17, 15) is 21.2 Å². The van der Waals surface area contributed by atoms with Gasteiger partial charge in [0, 0.05) is 18.7 Å². The Kier molecular flexibility index (Phi) is 9.37. The Morgan fingerprint density at radius 2 is 1.37 bits per heavy atom. The molecule has 3 aromatic carbocycles. The molecule has 0 bridgehead atoms. The molecule has 0 saturated carbocycles. The molecule has 3 aromatic rings. The van der Waals surface area contributed by atoms with Gasteiger partial charge in [0.25, 0.3) is 0 Å². The Hall–Kier alpha value is -3.60. The largest absolute Gasteiger partial charge is 0.310 e. The van der Waals surface area contributed by atoms with Crippen LogP contribution in [0.4, 0.5) is 4.39 Å². The Labute approximate surface area is 223 Å². The number of benzene rings is 3. The predicted molar refractivity (Wildman–Crippen MR) is 151 cm³/mol. The van der Waals surface area contributed by atoms with E-state index < -0.39 is 32.4 Å². The summed E-state index contributed by atoms with van der Waals surface area (Å²) >= 11 is 0. The zero-order valence-electron chi connectivity index (χ0n) is 21.2. The molecule has 0 aliphatic rings. The van der Waals surface area contributed by atoms with Gasteiger partial charge in [0.1, 0.15) is 6.67 Å². The number of alkyl halides is 1. The number of nitrogens with two attached hydrogens (primary N) is 1. The monoisotopic (exact) mass is 555 g/mol. The third-order valence-electron chi connectivity index (χ3n) is 5.86. The van der Waals surface area contributed by atoms with Gasteiger partial charge in [0.2, 0.25) is 0 Å². The van der Waals surface area contributed by atoms with Crippen molar-refractivity contribution in [2.75, 3.05) is 19.2 Å². The first-order valence-corrected chi connectivity index (χ1v) is 15.3. The second-order valence-corrected chi connectivity index (χ2v) is 12.9. The van der Waals surface area contributed by atoms with Crippen LogP contribution in [0.2, 0.25) is 0 Å². The van der Waals surface area contributed by atoms with Crippen molar-refractivity contribution in [3.05, 3.63) is 102 Å². The third-order valence-corrected chi connectivity index (χ3v) is 8.12.